The zero-order chi connectivity index (χ0) is 13.8. The van der Waals surface area contributed by atoms with Crippen LogP contribution in [0.1, 0.15) is 10.4 Å². The first-order valence-corrected chi connectivity index (χ1v) is 6.97. The number of hydrogen-bond acceptors (Lipinski definition) is 2. The van der Waals surface area contributed by atoms with E-state index in [2.05, 4.69) is 27.9 Å². The molecule has 0 radical (unpaired) electrons. The molecule has 0 aliphatic carbocycles. The van der Waals surface area contributed by atoms with Crippen molar-refractivity contribution in [2.45, 2.75) is 0 Å². The number of carbonyl (C=O) groups excluding carboxylic acids is 1. The van der Waals surface area contributed by atoms with Gasteiger partial charge in [-0.3, -0.25) is 4.79 Å². The molecule has 0 saturated carbocycles. The molecule has 0 bridgehead atoms. The van der Waals surface area contributed by atoms with E-state index in [1.54, 1.807) is 36.4 Å². The van der Waals surface area contributed by atoms with Gasteiger partial charge in [0.25, 0.3) is 5.91 Å². The molecular formula is C14H11ClINO2. The third kappa shape index (κ3) is 3.39. The highest BCUT2D eigenvalue weighted by Crippen LogP contribution is 2.24. The molecule has 0 saturated heterocycles. The van der Waals surface area contributed by atoms with Crippen LogP contribution in [0.5, 0.6) is 5.75 Å². The van der Waals surface area contributed by atoms with Gasteiger partial charge in [-0.1, -0.05) is 23.7 Å². The molecule has 1 N–H and O–H groups in total. The summed E-state index contributed by atoms with van der Waals surface area (Å²) in [6, 6.07) is 12.4. The van der Waals surface area contributed by atoms with Gasteiger partial charge in [-0.25, -0.2) is 0 Å². The van der Waals surface area contributed by atoms with Crippen LogP contribution in [-0.2, 0) is 0 Å². The van der Waals surface area contributed by atoms with E-state index >= 15 is 0 Å². The minimum absolute atomic E-state index is 0.210. The second kappa shape index (κ2) is 6.25. The number of para-hydroxylation sites is 1. The summed E-state index contributed by atoms with van der Waals surface area (Å²) in [7, 11) is 1.54. The molecule has 0 aliphatic heterocycles. The average Bonchev–Trinajstić information content (AvgIpc) is 2.41. The smallest absolute Gasteiger partial charge is 0.259 e. The molecule has 0 aromatic heterocycles. The van der Waals surface area contributed by atoms with Gasteiger partial charge in [0.05, 0.1) is 18.4 Å². The fraction of sp³-hybridized carbons (Fsp3) is 0.0714. The van der Waals surface area contributed by atoms with E-state index in [-0.39, 0.29) is 5.91 Å². The van der Waals surface area contributed by atoms with Crippen LogP contribution in [0.4, 0.5) is 5.69 Å². The lowest BCUT2D eigenvalue weighted by molar-refractivity contribution is 0.102. The van der Waals surface area contributed by atoms with E-state index in [0.29, 0.717) is 16.3 Å². The van der Waals surface area contributed by atoms with Crippen LogP contribution >= 0.6 is 34.2 Å². The second-order valence-electron chi connectivity index (χ2n) is 3.78. The average molecular weight is 388 g/mol. The third-order valence-corrected chi connectivity index (χ3v) is 3.66. The Bertz CT molecular complexity index is 616. The highest BCUT2D eigenvalue weighted by atomic mass is 127. The topological polar surface area (TPSA) is 38.3 Å². The summed E-state index contributed by atoms with van der Waals surface area (Å²) >= 11 is 8.01. The number of ether oxygens (including phenoxy) is 1. The molecule has 1 amide bonds. The Morgan fingerprint density at radius 2 is 2.00 bits per heavy atom. The Kier molecular flexibility index (Phi) is 4.66. The second-order valence-corrected chi connectivity index (χ2v) is 5.38. The molecule has 0 unspecified atom stereocenters. The number of amides is 1. The van der Waals surface area contributed by atoms with Gasteiger partial charge in [-0.05, 0) is 52.9 Å². The van der Waals surface area contributed by atoms with Gasteiger partial charge in [0.1, 0.15) is 5.75 Å². The van der Waals surface area contributed by atoms with Gasteiger partial charge >= 0.3 is 0 Å². The Labute approximate surface area is 130 Å². The molecule has 0 aliphatic rings. The summed E-state index contributed by atoms with van der Waals surface area (Å²) in [5, 5.41) is 3.48. The SMILES string of the molecule is COc1ccccc1C(=O)Nc1ccc(Cl)cc1I. The van der Waals surface area contributed by atoms with Crippen molar-refractivity contribution >= 4 is 45.8 Å². The normalized spacial score (nSPS) is 10.1. The highest BCUT2D eigenvalue weighted by Gasteiger charge is 2.12. The molecule has 0 fully saturated rings. The maximum Gasteiger partial charge on any atom is 0.259 e. The van der Waals surface area contributed by atoms with Crippen LogP contribution in [0.2, 0.25) is 5.02 Å². The Hall–Kier alpha value is -1.27. The number of methoxy groups -OCH3 is 1. The van der Waals surface area contributed by atoms with Gasteiger partial charge in [-0.2, -0.15) is 0 Å². The number of hydrogen-bond donors (Lipinski definition) is 1. The summed E-state index contributed by atoms with van der Waals surface area (Å²) in [5.74, 6) is 0.335. The molecule has 0 atom stereocenters. The van der Waals surface area contributed by atoms with Crippen LogP contribution in [-0.4, -0.2) is 13.0 Å². The van der Waals surface area contributed by atoms with E-state index in [0.717, 1.165) is 9.26 Å². The predicted molar refractivity (Wildman–Crippen MR) is 85.1 cm³/mol. The first-order chi connectivity index (χ1) is 9.11. The molecule has 3 nitrogen and oxygen atoms in total. The van der Waals surface area contributed by atoms with E-state index < -0.39 is 0 Å². The molecule has 2 aromatic rings. The van der Waals surface area contributed by atoms with Gasteiger partial charge in [-0.15, -0.1) is 0 Å². The fourth-order valence-electron chi connectivity index (χ4n) is 1.61. The van der Waals surface area contributed by atoms with Crippen molar-refractivity contribution in [3.05, 3.63) is 56.6 Å². The first-order valence-electron chi connectivity index (χ1n) is 5.51. The number of benzene rings is 2. The third-order valence-electron chi connectivity index (χ3n) is 2.53. The molecule has 19 heavy (non-hydrogen) atoms. The molecule has 0 spiro atoms. The molecule has 5 heteroatoms. The minimum atomic E-state index is -0.210. The van der Waals surface area contributed by atoms with E-state index in [1.165, 1.54) is 7.11 Å². The van der Waals surface area contributed by atoms with Crippen molar-refractivity contribution in [3.63, 3.8) is 0 Å². The van der Waals surface area contributed by atoms with Gasteiger partial charge in [0, 0.05) is 8.59 Å². The van der Waals surface area contributed by atoms with Crippen molar-refractivity contribution in [2.24, 2.45) is 0 Å². The lowest BCUT2D eigenvalue weighted by Crippen LogP contribution is -2.13. The van der Waals surface area contributed by atoms with Crippen molar-refractivity contribution in [3.8, 4) is 5.75 Å². The summed E-state index contributed by atoms with van der Waals surface area (Å²) in [4.78, 5) is 12.2. The summed E-state index contributed by atoms with van der Waals surface area (Å²) < 4.78 is 6.05. The Balaban J connectivity index is 2.26. The quantitative estimate of drug-likeness (QED) is 0.802. The number of carbonyl (C=O) groups is 1. The maximum atomic E-state index is 12.2. The number of nitrogens with one attached hydrogen (secondary N) is 1. The molecule has 2 aromatic carbocycles. The van der Waals surface area contributed by atoms with Crippen LogP contribution in [0.25, 0.3) is 0 Å². The van der Waals surface area contributed by atoms with Crippen molar-refractivity contribution in [2.75, 3.05) is 12.4 Å². The fourth-order valence-corrected chi connectivity index (χ4v) is 2.62. The Morgan fingerprint density at radius 3 is 2.68 bits per heavy atom. The van der Waals surface area contributed by atoms with Crippen LogP contribution in [0, 0.1) is 3.57 Å². The van der Waals surface area contributed by atoms with E-state index in [9.17, 15) is 4.79 Å². The van der Waals surface area contributed by atoms with Crippen LogP contribution in [0.3, 0.4) is 0 Å². The predicted octanol–water partition coefficient (Wildman–Crippen LogP) is 4.21. The molecular weight excluding hydrogens is 377 g/mol. The maximum absolute atomic E-state index is 12.2. The van der Waals surface area contributed by atoms with Crippen molar-refractivity contribution in [1.82, 2.24) is 0 Å². The highest BCUT2D eigenvalue weighted by molar-refractivity contribution is 14.1. The van der Waals surface area contributed by atoms with E-state index in [1.807, 2.05) is 6.07 Å². The number of rotatable bonds is 3. The Morgan fingerprint density at radius 1 is 1.26 bits per heavy atom. The summed E-state index contributed by atoms with van der Waals surface area (Å²) in [5.41, 5.74) is 1.22. The largest absolute Gasteiger partial charge is 0.496 e. The minimum Gasteiger partial charge on any atom is -0.496 e. The molecule has 98 valence electrons. The summed E-state index contributed by atoms with van der Waals surface area (Å²) in [6.45, 7) is 0. The zero-order valence-corrected chi connectivity index (χ0v) is 13.0. The molecule has 2 rings (SSSR count). The van der Waals surface area contributed by atoms with Crippen LogP contribution < -0.4 is 10.1 Å². The summed E-state index contributed by atoms with van der Waals surface area (Å²) in [6.07, 6.45) is 0. The van der Waals surface area contributed by atoms with Gasteiger partial charge < -0.3 is 10.1 Å². The van der Waals surface area contributed by atoms with E-state index in [4.69, 9.17) is 16.3 Å². The first kappa shape index (κ1) is 14.1. The van der Waals surface area contributed by atoms with Gasteiger partial charge in [0.2, 0.25) is 0 Å². The zero-order valence-electron chi connectivity index (χ0n) is 10.1. The number of anilines is 1. The van der Waals surface area contributed by atoms with Gasteiger partial charge in [0.15, 0.2) is 0 Å². The lowest BCUT2D eigenvalue weighted by atomic mass is 10.2. The molecule has 0 heterocycles. The lowest BCUT2D eigenvalue weighted by Gasteiger charge is -2.10. The number of halogens is 2. The standard InChI is InChI=1S/C14H11ClINO2/c1-19-13-5-3-2-4-10(13)14(18)17-12-7-6-9(15)8-11(12)16/h2-8H,1H3,(H,17,18). The van der Waals surface area contributed by atoms with Crippen molar-refractivity contribution < 1.29 is 9.53 Å². The van der Waals surface area contributed by atoms with Crippen molar-refractivity contribution in [1.29, 1.82) is 0 Å². The monoisotopic (exact) mass is 387 g/mol. The van der Waals surface area contributed by atoms with Crippen LogP contribution in [0.15, 0.2) is 42.5 Å².